The molecule has 0 bridgehead atoms. The first-order valence-electron chi connectivity index (χ1n) is 5.92. The fourth-order valence-electron chi connectivity index (χ4n) is 1.61. The van der Waals surface area contributed by atoms with E-state index in [1.165, 1.54) is 6.07 Å². The normalized spacial score (nSPS) is 13.5. The molecule has 0 heterocycles. The van der Waals surface area contributed by atoms with Crippen molar-refractivity contribution >= 4 is 0 Å². The molecular formula is C13H18F3NO2. The highest BCUT2D eigenvalue weighted by Crippen LogP contribution is 2.29. The van der Waals surface area contributed by atoms with E-state index in [9.17, 15) is 13.2 Å². The standard InChI is InChI=1S/C13H18F3NO2/c1-18-5-6-19-9-12(17)8-10-3-2-4-11(7-10)13(14,15)16/h2-4,7,12H,5-6,8-9,17H2,1H3. The lowest BCUT2D eigenvalue weighted by Gasteiger charge is -2.13. The molecule has 3 nitrogen and oxygen atoms in total. The van der Waals surface area contributed by atoms with E-state index in [1.54, 1.807) is 13.2 Å². The summed E-state index contributed by atoms with van der Waals surface area (Å²) < 4.78 is 47.6. The summed E-state index contributed by atoms with van der Waals surface area (Å²) >= 11 is 0. The number of rotatable bonds is 7. The van der Waals surface area contributed by atoms with Gasteiger partial charge in [-0.2, -0.15) is 13.2 Å². The number of hydrogen-bond acceptors (Lipinski definition) is 3. The fourth-order valence-corrected chi connectivity index (χ4v) is 1.61. The summed E-state index contributed by atoms with van der Waals surface area (Å²) in [5, 5.41) is 0. The van der Waals surface area contributed by atoms with Gasteiger partial charge in [0, 0.05) is 13.2 Å². The van der Waals surface area contributed by atoms with Gasteiger partial charge >= 0.3 is 6.18 Å². The Morgan fingerprint density at radius 3 is 2.63 bits per heavy atom. The predicted molar refractivity (Wildman–Crippen MR) is 65.8 cm³/mol. The molecule has 1 atom stereocenters. The van der Waals surface area contributed by atoms with Crippen molar-refractivity contribution in [2.45, 2.75) is 18.6 Å². The third-order valence-electron chi connectivity index (χ3n) is 2.52. The number of alkyl halides is 3. The molecule has 0 aliphatic rings. The second-order valence-electron chi connectivity index (χ2n) is 4.23. The lowest BCUT2D eigenvalue weighted by atomic mass is 10.0. The molecule has 0 saturated heterocycles. The Hall–Kier alpha value is -1.11. The summed E-state index contributed by atoms with van der Waals surface area (Å²) in [6.07, 6.45) is -3.98. The van der Waals surface area contributed by atoms with Crippen molar-refractivity contribution in [1.29, 1.82) is 0 Å². The van der Waals surface area contributed by atoms with Gasteiger partial charge in [0.15, 0.2) is 0 Å². The molecule has 1 aromatic rings. The third-order valence-corrected chi connectivity index (χ3v) is 2.52. The Kier molecular flexibility index (Phi) is 6.27. The SMILES string of the molecule is COCCOCC(N)Cc1cccc(C(F)(F)F)c1. The quantitative estimate of drug-likeness (QED) is 0.777. The zero-order chi connectivity index (χ0) is 14.3. The second kappa shape index (κ2) is 7.47. The number of halogens is 3. The van der Waals surface area contributed by atoms with E-state index in [4.69, 9.17) is 15.2 Å². The number of methoxy groups -OCH3 is 1. The molecule has 6 heteroatoms. The van der Waals surface area contributed by atoms with Gasteiger partial charge in [-0.25, -0.2) is 0 Å². The van der Waals surface area contributed by atoms with Crippen molar-refractivity contribution in [1.82, 2.24) is 0 Å². The summed E-state index contributed by atoms with van der Waals surface area (Å²) in [5.41, 5.74) is 5.70. The molecule has 108 valence electrons. The second-order valence-corrected chi connectivity index (χ2v) is 4.23. The number of nitrogens with two attached hydrogens (primary N) is 1. The molecule has 0 saturated carbocycles. The summed E-state index contributed by atoms with van der Waals surface area (Å²) in [6, 6.07) is 4.85. The smallest absolute Gasteiger partial charge is 0.382 e. The number of benzene rings is 1. The van der Waals surface area contributed by atoms with Gasteiger partial charge < -0.3 is 15.2 Å². The maximum Gasteiger partial charge on any atom is 0.416 e. The number of hydrogen-bond donors (Lipinski definition) is 1. The lowest BCUT2D eigenvalue weighted by Crippen LogP contribution is -2.29. The minimum absolute atomic E-state index is 0.291. The molecule has 0 aliphatic heterocycles. The van der Waals surface area contributed by atoms with Crippen LogP contribution in [0.1, 0.15) is 11.1 Å². The summed E-state index contributed by atoms with van der Waals surface area (Å²) in [6.45, 7) is 1.18. The lowest BCUT2D eigenvalue weighted by molar-refractivity contribution is -0.137. The molecule has 1 aromatic carbocycles. The molecule has 0 aliphatic carbocycles. The Morgan fingerprint density at radius 2 is 2.00 bits per heavy atom. The van der Waals surface area contributed by atoms with Gasteiger partial charge in [0.25, 0.3) is 0 Å². The van der Waals surface area contributed by atoms with Crippen LogP contribution in [0.4, 0.5) is 13.2 Å². The van der Waals surface area contributed by atoms with Crippen LogP contribution in [0.25, 0.3) is 0 Å². The largest absolute Gasteiger partial charge is 0.416 e. The zero-order valence-corrected chi connectivity index (χ0v) is 10.7. The van der Waals surface area contributed by atoms with Gasteiger partial charge in [-0.05, 0) is 18.1 Å². The van der Waals surface area contributed by atoms with Crippen LogP contribution in [0.15, 0.2) is 24.3 Å². The van der Waals surface area contributed by atoms with Gasteiger partial charge in [0.2, 0.25) is 0 Å². The van der Waals surface area contributed by atoms with Crippen LogP contribution in [0.3, 0.4) is 0 Å². The van der Waals surface area contributed by atoms with Crippen molar-refractivity contribution in [3.05, 3.63) is 35.4 Å². The van der Waals surface area contributed by atoms with E-state index in [-0.39, 0.29) is 6.04 Å². The highest BCUT2D eigenvalue weighted by Gasteiger charge is 2.30. The molecule has 0 aromatic heterocycles. The molecule has 0 spiro atoms. The third kappa shape index (κ3) is 6.04. The molecule has 19 heavy (non-hydrogen) atoms. The van der Waals surface area contributed by atoms with Gasteiger partial charge in [0.1, 0.15) is 0 Å². The predicted octanol–water partition coefficient (Wildman–Crippen LogP) is 2.24. The average Bonchev–Trinajstić information content (AvgIpc) is 2.34. The first-order chi connectivity index (χ1) is 8.93. The molecule has 1 unspecified atom stereocenters. The summed E-state index contributed by atoms with van der Waals surface area (Å²) in [5.74, 6) is 0. The molecule has 0 radical (unpaired) electrons. The van der Waals surface area contributed by atoms with Crippen LogP contribution in [0, 0.1) is 0 Å². The van der Waals surface area contributed by atoms with Crippen LogP contribution in [-0.4, -0.2) is 33.0 Å². The van der Waals surface area contributed by atoms with Crippen LogP contribution >= 0.6 is 0 Å². The minimum Gasteiger partial charge on any atom is -0.382 e. The van der Waals surface area contributed by atoms with Crippen LogP contribution in [0.5, 0.6) is 0 Å². The molecular weight excluding hydrogens is 259 g/mol. The molecule has 0 amide bonds. The van der Waals surface area contributed by atoms with Gasteiger partial charge in [0.05, 0.1) is 25.4 Å². The topological polar surface area (TPSA) is 44.5 Å². The fraction of sp³-hybridized carbons (Fsp3) is 0.538. The Morgan fingerprint density at radius 1 is 1.26 bits per heavy atom. The first-order valence-corrected chi connectivity index (χ1v) is 5.92. The van der Waals surface area contributed by atoms with Gasteiger partial charge in [-0.3, -0.25) is 0 Å². The Balaban J connectivity index is 2.48. The highest BCUT2D eigenvalue weighted by molar-refractivity contribution is 5.26. The average molecular weight is 277 g/mol. The van der Waals surface area contributed by atoms with Gasteiger partial charge in [-0.1, -0.05) is 18.2 Å². The van der Waals surface area contributed by atoms with Crippen molar-refractivity contribution in [2.24, 2.45) is 5.73 Å². The van der Waals surface area contributed by atoms with Crippen molar-refractivity contribution < 1.29 is 22.6 Å². The van der Waals surface area contributed by atoms with E-state index in [1.807, 2.05) is 0 Å². The van der Waals surface area contributed by atoms with E-state index in [0.29, 0.717) is 31.8 Å². The van der Waals surface area contributed by atoms with E-state index in [0.717, 1.165) is 12.1 Å². The zero-order valence-electron chi connectivity index (χ0n) is 10.7. The van der Waals surface area contributed by atoms with E-state index < -0.39 is 11.7 Å². The number of ether oxygens (including phenoxy) is 2. The maximum atomic E-state index is 12.5. The van der Waals surface area contributed by atoms with Crippen molar-refractivity contribution in [2.75, 3.05) is 26.9 Å². The van der Waals surface area contributed by atoms with Crippen LogP contribution < -0.4 is 5.73 Å². The Labute approximate surface area is 110 Å². The van der Waals surface area contributed by atoms with E-state index >= 15 is 0 Å². The first kappa shape index (κ1) is 15.9. The van der Waals surface area contributed by atoms with Gasteiger partial charge in [-0.15, -0.1) is 0 Å². The maximum absolute atomic E-state index is 12.5. The summed E-state index contributed by atoms with van der Waals surface area (Å²) in [7, 11) is 1.56. The Bertz CT molecular complexity index is 382. The monoisotopic (exact) mass is 277 g/mol. The highest BCUT2D eigenvalue weighted by atomic mass is 19.4. The van der Waals surface area contributed by atoms with E-state index in [2.05, 4.69) is 0 Å². The molecule has 1 rings (SSSR count). The van der Waals surface area contributed by atoms with Crippen molar-refractivity contribution in [3.8, 4) is 0 Å². The van der Waals surface area contributed by atoms with Crippen LogP contribution in [0.2, 0.25) is 0 Å². The van der Waals surface area contributed by atoms with Crippen molar-refractivity contribution in [3.63, 3.8) is 0 Å². The minimum atomic E-state index is -4.32. The van der Waals surface area contributed by atoms with Crippen LogP contribution in [-0.2, 0) is 22.1 Å². The molecule has 2 N–H and O–H groups in total. The molecule has 0 fully saturated rings. The summed E-state index contributed by atoms with van der Waals surface area (Å²) in [4.78, 5) is 0.